The third-order valence-electron chi connectivity index (χ3n) is 3.54. The van der Waals surface area contributed by atoms with E-state index in [1.54, 1.807) is 0 Å². The third kappa shape index (κ3) is 4.38. The number of hydrogen-bond acceptors (Lipinski definition) is 4. The Morgan fingerprint density at radius 2 is 1.92 bits per heavy atom. The number of carbonyl (C=O) groups excluding carboxylic acids is 1. The summed E-state index contributed by atoms with van der Waals surface area (Å²) in [4.78, 5) is 11.7. The Morgan fingerprint density at radius 1 is 1.17 bits per heavy atom. The minimum atomic E-state index is -0.344. The van der Waals surface area contributed by atoms with Crippen LogP contribution < -0.4 is 19.5 Å². The lowest BCUT2D eigenvalue weighted by Crippen LogP contribution is -2.35. The molecule has 126 valence electrons. The van der Waals surface area contributed by atoms with Crippen molar-refractivity contribution in [3.05, 3.63) is 54.3 Å². The number of para-hydroxylation sites is 2. The van der Waals surface area contributed by atoms with Crippen molar-refractivity contribution in [2.45, 2.75) is 12.5 Å². The van der Waals surface area contributed by atoms with Gasteiger partial charge in [0.2, 0.25) is 0 Å². The Morgan fingerprint density at radius 3 is 2.71 bits per heavy atom. The van der Waals surface area contributed by atoms with Gasteiger partial charge in [0.05, 0.1) is 0 Å². The van der Waals surface area contributed by atoms with Gasteiger partial charge in [-0.15, -0.1) is 0 Å². The molecule has 0 bridgehead atoms. The SMILES string of the molecule is O=C(COc1ccc(F)cc1)NCCC1COc2ccccc2O1. The highest BCUT2D eigenvalue weighted by Gasteiger charge is 2.20. The number of nitrogens with one attached hydrogen (secondary N) is 1. The topological polar surface area (TPSA) is 56.8 Å². The lowest BCUT2D eigenvalue weighted by molar-refractivity contribution is -0.123. The summed E-state index contributed by atoms with van der Waals surface area (Å²) in [5.74, 6) is 1.33. The monoisotopic (exact) mass is 331 g/mol. The van der Waals surface area contributed by atoms with Gasteiger partial charge < -0.3 is 19.5 Å². The van der Waals surface area contributed by atoms with Crippen LogP contribution in [0.1, 0.15) is 6.42 Å². The molecule has 5 nitrogen and oxygen atoms in total. The van der Waals surface area contributed by atoms with E-state index in [0.29, 0.717) is 25.3 Å². The molecule has 1 aliphatic heterocycles. The van der Waals surface area contributed by atoms with Gasteiger partial charge in [0.25, 0.3) is 5.91 Å². The summed E-state index contributed by atoms with van der Waals surface area (Å²) in [6, 6.07) is 13.0. The number of amides is 1. The lowest BCUT2D eigenvalue weighted by Gasteiger charge is -2.26. The summed E-state index contributed by atoms with van der Waals surface area (Å²) < 4.78 is 29.5. The van der Waals surface area contributed by atoms with Crippen LogP contribution in [0.15, 0.2) is 48.5 Å². The first-order valence-corrected chi connectivity index (χ1v) is 7.74. The van der Waals surface area contributed by atoms with Gasteiger partial charge in [-0.05, 0) is 36.4 Å². The summed E-state index contributed by atoms with van der Waals surface area (Å²) in [6.07, 6.45) is 0.537. The van der Waals surface area contributed by atoms with Gasteiger partial charge in [0.1, 0.15) is 24.3 Å². The molecular weight excluding hydrogens is 313 g/mol. The van der Waals surface area contributed by atoms with E-state index >= 15 is 0 Å². The molecular formula is C18H18FNO4. The van der Waals surface area contributed by atoms with E-state index < -0.39 is 0 Å². The molecule has 0 aliphatic carbocycles. The number of rotatable bonds is 6. The lowest BCUT2D eigenvalue weighted by atomic mass is 10.2. The largest absolute Gasteiger partial charge is 0.486 e. The minimum absolute atomic E-state index is 0.0989. The molecule has 0 radical (unpaired) electrons. The number of hydrogen-bond donors (Lipinski definition) is 1. The van der Waals surface area contributed by atoms with E-state index in [2.05, 4.69) is 5.32 Å². The number of halogens is 1. The maximum atomic E-state index is 12.8. The van der Waals surface area contributed by atoms with E-state index in [1.807, 2.05) is 24.3 Å². The maximum absolute atomic E-state index is 12.8. The second-order valence-corrected chi connectivity index (χ2v) is 5.38. The number of ether oxygens (including phenoxy) is 3. The van der Waals surface area contributed by atoms with Gasteiger partial charge in [-0.25, -0.2) is 4.39 Å². The molecule has 1 heterocycles. The van der Waals surface area contributed by atoms with Crippen LogP contribution in [0.4, 0.5) is 4.39 Å². The second kappa shape index (κ2) is 7.68. The molecule has 1 aliphatic rings. The molecule has 0 fully saturated rings. The molecule has 1 atom stereocenters. The highest BCUT2D eigenvalue weighted by Crippen LogP contribution is 2.31. The first-order valence-electron chi connectivity index (χ1n) is 7.74. The van der Waals surface area contributed by atoms with Crippen LogP contribution in [0.2, 0.25) is 0 Å². The Kier molecular flexibility index (Phi) is 5.15. The van der Waals surface area contributed by atoms with Crippen LogP contribution in [0.5, 0.6) is 17.2 Å². The van der Waals surface area contributed by atoms with Gasteiger partial charge in [-0.2, -0.15) is 0 Å². The second-order valence-electron chi connectivity index (χ2n) is 5.38. The summed E-state index contributed by atoms with van der Waals surface area (Å²) in [7, 11) is 0. The van der Waals surface area contributed by atoms with Gasteiger partial charge in [-0.3, -0.25) is 4.79 Å². The molecule has 2 aromatic rings. The fraction of sp³-hybridized carbons (Fsp3) is 0.278. The normalized spacial score (nSPS) is 15.6. The van der Waals surface area contributed by atoms with Crippen LogP contribution in [0.3, 0.4) is 0 Å². The van der Waals surface area contributed by atoms with Crippen molar-refractivity contribution < 1.29 is 23.4 Å². The van der Waals surface area contributed by atoms with Gasteiger partial charge in [-0.1, -0.05) is 12.1 Å². The molecule has 24 heavy (non-hydrogen) atoms. The molecule has 0 spiro atoms. The first kappa shape index (κ1) is 16.1. The summed E-state index contributed by atoms with van der Waals surface area (Å²) in [5, 5.41) is 2.76. The molecule has 1 amide bonds. The Bertz CT molecular complexity index is 690. The smallest absolute Gasteiger partial charge is 0.257 e. The first-order chi connectivity index (χ1) is 11.7. The van der Waals surface area contributed by atoms with E-state index in [0.717, 1.165) is 11.5 Å². The fourth-order valence-electron chi connectivity index (χ4n) is 2.31. The zero-order chi connectivity index (χ0) is 16.8. The summed E-state index contributed by atoms with van der Waals surface area (Å²) in [6.45, 7) is 0.803. The number of carbonyl (C=O) groups is 1. The van der Waals surface area contributed by atoms with Crippen LogP contribution in [-0.4, -0.2) is 31.8 Å². The third-order valence-corrected chi connectivity index (χ3v) is 3.54. The van der Waals surface area contributed by atoms with E-state index in [4.69, 9.17) is 14.2 Å². The van der Waals surface area contributed by atoms with Crippen LogP contribution >= 0.6 is 0 Å². The van der Waals surface area contributed by atoms with E-state index in [1.165, 1.54) is 24.3 Å². The molecule has 0 saturated heterocycles. The molecule has 6 heteroatoms. The fourth-order valence-corrected chi connectivity index (χ4v) is 2.31. The number of fused-ring (bicyclic) bond motifs is 1. The summed E-state index contributed by atoms with van der Waals surface area (Å²) in [5.41, 5.74) is 0. The average Bonchev–Trinajstić information content (AvgIpc) is 2.61. The van der Waals surface area contributed by atoms with Crippen molar-refractivity contribution in [1.82, 2.24) is 5.32 Å². The molecule has 2 aromatic carbocycles. The highest BCUT2D eigenvalue weighted by atomic mass is 19.1. The highest BCUT2D eigenvalue weighted by molar-refractivity contribution is 5.77. The van der Waals surface area contributed by atoms with Gasteiger partial charge in [0, 0.05) is 13.0 Å². The van der Waals surface area contributed by atoms with Crippen molar-refractivity contribution in [2.24, 2.45) is 0 Å². The van der Waals surface area contributed by atoms with Crippen molar-refractivity contribution >= 4 is 5.91 Å². The van der Waals surface area contributed by atoms with Crippen molar-refractivity contribution in [1.29, 1.82) is 0 Å². The van der Waals surface area contributed by atoms with Crippen molar-refractivity contribution in [3.63, 3.8) is 0 Å². The quantitative estimate of drug-likeness (QED) is 0.884. The Balaban J connectivity index is 1.36. The Labute approximate surface area is 139 Å². The molecule has 0 aromatic heterocycles. The zero-order valence-corrected chi connectivity index (χ0v) is 13.0. The van der Waals surface area contributed by atoms with Gasteiger partial charge >= 0.3 is 0 Å². The van der Waals surface area contributed by atoms with Crippen LogP contribution in [0.25, 0.3) is 0 Å². The molecule has 0 saturated carbocycles. The minimum Gasteiger partial charge on any atom is -0.486 e. The Hall–Kier alpha value is -2.76. The average molecular weight is 331 g/mol. The predicted octanol–water partition coefficient (Wildman–Crippen LogP) is 2.55. The maximum Gasteiger partial charge on any atom is 0.257 e. The molecule has 1 N–H and O–H groups in total. The van der Waals surface area contributed by atoms with Crippen molar-refractivity contribution in [3.8, 4) is 17.2 Å². The van der Waals surface area contributed by atoms with E-state index in [9.17, 15) is 9.18 Å². The van der Waals surface area contributed by atoms with Crippen LogP contribution in [0, 0.1) is 5.82 Å². The van der Waals surface area contributed by atoms with Crippen molar-refractivity contribution in [2.75, 3.05) is 19.8 Å². The standard InChI is InChI=1S/C18H18FNO4/c19-13-5-7-14(8-6-13)22-12-18(21)20-10-9-15-11-23-16-3-1-2-4-17(16)24-15/h1-8,15H,9-12H2,(H,20,21). The summed E-state index contributed by atoms with van der Waals surface area (Å²) >= 11 is 0. The van der Waals surface area contributed by atoms with Gasteiger partial charge in [0.15, 0.2) is 18.1 Å². The zero-order valence-electron chi connectivity index (χ0n) is 13.0. The van der Waals surface area contributed by atoms with Crippen LogP contribution in [-0.2, 0) is 4.79 Å². The molecule has 1 unspecified atom stereocenters. The number of benzene rings is 2. The predicted molar refractivity (Wildman–Crippen MR) is 85.9 cm³/mol. The molecule has 3 rings (SSSR count). The van der Waals surface area contributed by atoms with E-state index in [-0.39, 0.29) is 24.4 Å².